The van der Waals surface area contributed by atoms with E-state index in [-0.39, 0.29) is 11.3 Å². The Balaban J connectivity index is 1.91. The predicted octanol–water partition coefficient (Wildman–Crippen LogP) is 3.39. The molecule has 3 rings (SSSR count). The van der Waals surface area contributed by atoms with E-state index in [9.17, 15) is 9.59 Å². The summed E-state index contributed by atoms with van der Waals surface area (Å²) in [7, 11) is 2.83. The lowest BCUT2D eigenvalue weighted by molar-refractivity contribution is 0.0602. The molecule has 1 heterocycles. The largest absolute Gasteiger partial charge is 0.497 e. The highest BCUT2D eigenvalue weighted by Crippen LogP contribution is 2.27. The standard InChI is InChI=1S/C19H16N2O5/c1-24-13-7-5-6-12(10-13)17-16(20-11-26-17)18(22)21-15-9-4-3-8-14(15)19(23)25-2/h3-11H,1-2H3,(H,21,22). The topological polar surface area (TPSA) is 90.7 Å². The van der Waals surface area contributed by atoms with E-state index in [2.05, 4.69) is 10.3 Å². The van der Waals surface area contributed by atoms with Crippen molar-refractivity contribution < 1.29 is 23.5 Å². The molecule has 0 fully saturated rings. The first kappa shape index (κ1) is 17.2. The fourth-order valence-corrected chi connectivity index (χ4v) is 2.44. The van der Waals surface area contributed by atoms with E-state index in [4.69, 9.17) is 13.9 Å². The molecule has 1 N–H and O–H groups in total. The number of nitrogens with one attached hydrogen (secondary N) is 1. The summed E-state index contributed by atoms with van der Waals surface area (Å²) in [6.45, 7) is 0. The molecular weight excluding hydrogens is 336 g/mol. The fraction of sp³-hybridized carbons (Fsp3) is 0.105. The number of carbonyl (C=O) groups is 2. The summed E-state index contributed by atoms with van der Waals surface area (Å²) in [5.74, 6) is -0.125. The van der Waals surface area contributed by atoms with Crippen molar-refractivity contribution in [2.24, 2.45) is 0 Å². The molecule has 1 amide bonds. The molecule has 0 unspecified atom stereocenters. The van der Waals surface area contributed by atoms with Crippen molar-refractivity contribution >= 4 is 17.6 Å². The van der Waals surface area contributed by atoms with E-state index in [1.54, 1.807) is 55.6 Å². The lowest BCUT2D eigenvalue weighted by atomic mass is 10.1. The Kier molecular flexibility index (Phi) is 4.98. The van der Waals surface area contributed by atoms with Gasteiger partial charge in [-0.05, 0) is 24.3 Å². The maximum atomic E-state index is 12.7. The highest BCUT2D eigenvalue weighted by molar-refractivity contribution is 6.09. The number of nitrogens with zero attached hydrogens (tertiary/aromatic N) is 1. The number of anilines is 1. The van der Waals surface area contributed by atoms with E-state index in [1.807, 2.05) is 0 Å². The van der Waals surface area contributed by atoms with Crippen molar-refractivity contribution in [2.75, 3.05) is 19.5 Å². The van der Waals surface area contributed by atoms with Crippen molar-refractivity contribution in [1.82, 2.24) is 4.98 Å². The van der Waals surface area contributed by atoms with Crippen LogP contribution in [0.2, 0.25) is 0 Å². The zero-order valence-electron chi connectivity index (χ0n) is 14.2. The van der Waals surface area contributed by atoms with Crippen molar-refractivity contribution in [3.05, 3.63) is 66.2 Å². The molecule has 132 valence electrons. The minimum absolute atomic E-state index is 0.0953. The van der Waals surface area contributed by atoms with Crippen LogP contribution in [0.15, 0.2) is 59.3 Å². The van der Waals surface area contributed by atoms with E-state index < -0.39 is 11.9 Å². The zero-order valence-corrected chi connectivity index (χ0v) is 14.2. The van der Waals surface area contributed by atoms with Gasteiger partial charge in [-0.25, -0.2) is 9.78 Å². The first-order valence-corrected chi connectivity index (χ1v) is 7.70. The number of methoxy groups -OCH3 is 2. The molecule has 0 radical (unpaired) electrons. The fourth-order valence-electron chi connectivity index (χ4n) is 2.44. The predicted molar refractivity (Wildman–Crippen MR) is 94.2 cm³/mol. The van der Waals surface area contributed by atoms with E-state index in [0.29, 0.717) is 22.8 Å². The molecular formula is C19H16N2O5. The van der Waals surface area contributed by atoms with Gasteiger partial charge in [0.1, 0.15) is 5.75 Å². The second-order valence-electron chi connectivity index (χ2n) is 5.25. The van der Waals surface area contributed by atoms with Crippen LogP contribution in [0.5, 0.6) is 5.75 Å². The maximum Gasteiger partial charge on any atom is 0.339 e. The lowest BCUT2D eigenvalue weighted by Crippen LogP contribution is -2.16. The van der Waals surface area contributed by atoms with Crippen LogP contribution in [-0.4, -0.2) is 31.1 Å². The van der Waals surface area contributed by atoms with E-state index >= 15 is 0 Å². The number of esters is 1. The molecule has 1 aromatic heterocycles. The molecule has 0 saturated carbocycles. The van der Waals surface area contributed by atoms with Gasteiger partial charge in [0.05, 0.1) is 25.5 Å². The van der Waals surface area contributed by atoms with Gasteiger partial charge >= 0.3 is 5.97 Å². The van der Waals surface area contributed by atoms with Gasteiger partial charge in [-0.2, -0.15) is 0 Å². The number of amides is 1. The highest BCUT2D eigenvalue weighted by atomic mass is 16.5. The molecule has 0 aliphatic carbocycles. The van der Waals surface area contributed by atoms with Crippen LogP contribution < -0.4 is 10.1 Å². The number of carbonyl (C=O) groups excluding carboxylic acids is 2. The van der Waals surface area contributed by atoms with Crippen LogP contribution in [0, 0.1) is 0 Å². The summed E-state index contributed by atoms with van der Waals surface area (Å²) in [5.41, 5.74) is 1.31. The smallest absolute Gasteiger partial charge is 0.339 e. The summed E-state index contributed by atoms with van der Waals surface area (Å²) in [5, 5.41) is 2.67. The van der Waals surface area contributed by atoms with Gasteiger partial charge in [-0.3, -0.25) is 4.79 Å². The Morgan fingerprint density at radius 2 is 1.88 bits per heavy atom. The molecule has 26 heavy (non-hydrogen) atoms. The lowest BCUT2D eigenvalue weighted by Gasteiger charge is -2.09. The van der Waals surface area contributed by atoms with Crippen LogP contribution in [-0.2, 0) is 4.74 Å². The second-order valence-corrected chi connectivity index (χ2v) is 5.25. The zero-order chi connectivity index (χ0) is 18.5. The summed E-state index contributed by atoms with van der Waals surface area (Å²) < 4.78 is 15.3. The number of ether oxygens (including phenoxy) is 2. The first-order chi connectivity index (χ1) is 12.6. The average Bonchev–Trinajstić information content (AvgIpc) is 3.18. The molecule has 7 heteroatoms. The van der Waals surface area contributed by atoms with Gasteiger partial charge in [0, 0.05) is 5.56 Å². The SMILES string of the molecule is COC(=O)c1ccccc1NC(=O)c1ncoc1-c1cccc(OC)c1. The minimum atomic E-state index is -0.547. The van der Waals surface area contributed by atoms with Crippen LogP contribution in [0.1, 0.15) is 20.8 Å². The highest BCUT2D eigenvalue weighted by Gasteiger charge is 2.21. The third-order valence-electron chi connectivity index (χ3n) is 3.70. The Labute approximate surface area is 149 Å². The van der Waals surface area contributed by atoms with Gasteiger partial charge < -0.3 is 19.2 Å². The van der Waals surface area contributed by atoms with Crippen LogP contribution in [0.4, 0.5) is 5.69 Å². The number of benzene rings is 2. The molecule has 7 nitrogen and oxygen atoms in total. The third kappa shape index (κ3) is 3.41. The third-order valence-corrected chi connectivity index (χ3v) is 3.70. The molecule has 2 aromatic carbocycles. The number of para-hydroxylation sites is 1. The summed E-state index contributed by atoms with van der Waals surface area (Å²) in [4.78, 5) is 28.5. The number of hydrogen-bond donors (Lipinski definition) is 1. The van der Waals surface area contributed by atoms with Crippen LogP contribution >= 0.6 is 0 Å². The molecule has 0 aliphatic heterocycles. The molecule has 0 atom stereocenters. The number of rotatable bonds is 5. The molecule has 0 spiro atoms. The number of aromatic nitrogens is 1. The molecule has 3 aromatic rings. The monoisotopic (exact) mass is 352 g/mol. The van der Waals surface area contributed by atoms with Gasteiger partial charge in [0.15, 0.2) is 17.8 Å². The summed E-state index contributed by atoms with van der Waals surface area (Å²) in [6, 6.07) is 13.6. The Hall–Kier alpha value is -3.61. The van der Waals surface area contributed by atoms with E-state index in [0.717, 1.165) is 0 Å². The second kappa shape index (κ2) is 7.52. The van der Waals surface area contributed by atoms with Crippen LogP contribution in [0.25, 0.3) is 11.3 Å². The average molecular weight is 352 g/mol. The van der Waals surface area contributed by atoms with Crippen molar-refractivity contribution in [3.63, 3.8) is 0 Å². The van der Waals surface area contributed by atoms with Crippen molar-refractivity contribution in [2.45, 2.75) is 0 Å². The molecule has 0 aliphatic rings. The van der Waals surface area contributed by atoms with Crippen molar-refractivity contribution in [1.29, 1.82) is 0 Å². The number of hydrogen-bond acceptors (Lipinski definition) is 6. The Morgan fingerprint density at radius 3 is 2.65 bits per heavy atom. The van der Waals surface area contributed by atoms with Gasteiger partial charge in [0.25, 0.3) is 5.91 Å². The quantitative estimate of drug-likeness (QED) is 0.708. The Bertz CT molecular complexity index is 948. The van der Waals surface area contributed by atoms with Gasteiger partial charge in [-0.1, -0.05) is 24.3 Å². The summed E-state index contributed by atoms with van der Waals surface area (Å²) in [6.07, 6.45) is 1.19. The summed E-state index contributed by atoms with van der Waals surface area (Å²) >= 11 is 0. The minimum Gasteiger partial charge on any atom is -0.497 e. The first-order valence-electron chi connectivity index (χ1n) is 7.70. The van der Waals surface area contributed by atoms with Crippen LogP contribution in [0.3, 0.4) is 0 Å². The van der Waals surface area contributed by atoms with E-state index in [1.165, 1.54) is 13.5 Å². The normalized spacial score (nSPS) is 10.2. The Morgan fingerprint density at radius 1 is 1.08 bits per heavy atom. The van der Waals surface area contributed by atoms with Gasteiger partial charge in [0.2, 0.25) is 0 Å². The molecule has 0 bridgehead atoms. The maximum absolute atomic E-state index is 12.7. The van der Waals surface area contributed by atoms with Gasteiger partial charge in [-0.15, -0.1) is 0 Å². The number of oxazole rings is 1. The van der Waals surface area contributed by atoms with Crippen molar-refractivity contribution in [3.8, 4) is 17.1 Å². The molecule has 0 saturated heterocycles.